The number of aryl methyl sites for hydroxylation is 1. The van der Waals surface area contributed by atoms with E-state index in [-0.39, 0.29) is 6.04 Å². The van der Waals surface area contributed by atoms with Gasteiger partial charge in [0.05, 0.1) is 17.9 Å². The molecule has 0 aliphatic rings. The van der Waals surface area contributed by atoms with Gasteiger partial charge in [-0.1, -0.05) is 35.3 Å². The molecule has 2 heterocycles. The molecule has 0 N–H and O–H groups in total. The minimum absolute atomic E-state index is 0.247. The topological polar surface area (TPSA) is 53.0 Å². The van der Waals surface area contributed by atoms with Crippen LogP contribution >= 0.6 is 23.2 Å². The lowest BCUT2D eigenvalue weighted by molar-refractivity contribution is 0.527. The van der Waals surface area contributed by atoms with Gasteiger partial charge in [-0.3, -0.25) is 4.57 Å². The highest BCUT2D eigenvalue weighted by atomic mass is 35.5. The van der Waals surface area contributed by atoms with Crippen LogP contribution in [0.5, 0.6) is 0 Å². The molecule has 0 amide bonds. The average Bonchev–Trinajstić information content (AvgIpc) is 3.19. The first-order valence-electron chi connectivity index (χ1n) is 7.56. The molecule has 0 saturated heterocycles. The second-order valence-corrected chi connectivity index (χ2v) is 6.58. The molecule has 126 valence electrons. The molecule has 4 rings (SSSR count). The van der Waals surface area contributed by atoms with Gasteiger partial charge < -0.3 is 8.98 Å². The Kier molecular flexibility index (Phi) is 3.90. The molecule has 25 heavy (non-hydrogen) atoms. The third-order valence-corrected chi connectivity index (χ3v) is 4.76. The smallest absolute Gasteiger partial charge is 0.408 e. The third-order valence-electron chi connectivity index (χ3n) is 4.19. The van der Waals surface area contributed by atoms with Crippen molar-refractivity contribution in [2.75, 3.05) is 0 Å². The fourth-order valence-corrected chi connectivity index (χ4v) is 3.44. The molecule has 0 aliphatic carbocycles. The van der Waals surface area contributed by atoms with Crippen molar-refractivity contribution in [3.63, 3.8) is 0 Å². The van der Waals surface area contributed by atoms with Crippen molar-refractivity contribution in [2.24, 2.45) is 7.05 Å². The van der Waals surface area contributed by atoms with Gasteiger partial charge in [0.2, 0.25) is 0 Å². The number of aromatic nitrogens is 3. The predicted octanol–water partition coefficient (Wildman–Crippen LogP) is 4.27. The van der Waals surface area contributed by atoms with Crippen LogP contribution in [-0.4, -0.2) is 14.1 Å². The van der Waals surface area contributed by atoms with Gasteiger partial charge in [-0.25, -0.2) is 9.78 Å². The number of halogens is 2. The first-order chi connectivity index (χ1) is 12.0. The Balaban J connectivity index is 1.98. The van der Waals surface area contributed by atoms with Crippen molar-refractivity contribution >= 4 is 34.3 Å². The maximum atomic E-state index is 11.8. The number of rotatable bonds is 3. The van der Waals surface area contributed by atoms with Gasteiger partial charge in [-0.05, 0) is 29.8 Å². The van der Waals surface area contributed by atoms with Crippen LogP contribution in [0.4, 0.5) is 0 Å². The first kappa shape index (κ1) is 16.0. The molecule has 1 unspecified atom stereocenters. The highest BCUT2D eigenvalue weighted by Gasteiger charge is 2.21. The van der Waals surface area contributed by atoms with Gasteiger partial charge in [-0.15, -0.1) is 0 Å². The van der Waals surface area contributed by atoms with Gasteiger partial charge in [0.15, 0.2) is 5.58 Å². The predicted molar refractivity (Wildman–Crippen MR) is 97.4 cm³/mol. The monoisotopic (exact) mass is 373 g/mol. The Hall–Kier alpha value is -2.50. The van der Waals surface area contributed by atoms with Gasteiger partial charge >= 0.3 is 5.76 Å². The maximum Gasteiger partial charge on any atom is 0.419 e. The van der Waals surface area contributed by atoms with Gasteiger partial charge in [0.1, 0.15) is 0 Å². The average molecular weight is 374 g/mol. The Morgan fingerprint density at radius 2 is 2.04 bits per heavy atom. The van der Waals surface area contributed by atoms with E-state index in [4.69, 9.17) is 27.6 Å². The number of fused-ring (bicyclic) bond motifs is 1. The second kappa shape index (κ2) is 6.10. The van der Waals surface area contributed by atoms with Crippen molar-refractivity contribution in [1.29, 1.82) is 0 Å². The van der Waals surface area contributed by atoms with Gasteiger partial charge in [0.25, 0.3) is 0 Å². The zero-order valence-electron chi connectivity index (χ0n) is 13.2. The van der Waals surface area contributed by atoms with E-state index in [1.54, 1.807) is 31.7 Å². The van der Waals surface area contributed by atoms with Crippen molar-refractivity contribution < 1.29 is 4.42 Å². The molecule has 1 atom stereocenters. The van der Waals surface area contributed by atoms with E-state index in [0.29, 0.717) is 21.1 Å². The Morgan fingerprint density at radius 3 is 2.76 bits per heavy atom. The van der Waals surface area contributed by atoms with Crippen LogP contribution < -0.4 is 5.76 Å². The molecular formula is C18H13Cl2N3O2. The summed E-state index contributed by atoms with van der Waals surface area (Å²) in [5.74, 6) is -0.426. The molecule has 7 heteroatoms. The van der Waals surface area contributed by atoms with E-state index in [0.717, 1.165) is 11.1 Å². The lowest BCUT2D eigenvalue weighted by Gasteiger charge is -2.21. The van der Waals surface area contributed by atoms with E-state index in [2.05, 4.69) is 4.98 Å². The SMILES string of the molecule is Cn1c(=O)oc2cc(C(c3cccc(Cl)c3)n3ccnc3)c(Cl)cc21. The molecule has 0 spiro atoms. The largest absolute Gasteiger partial charge is 0.419 e. The lowest BCUT2D eigenvalue weighted by atomic mass is 9.98. The highest BCUT2D eigenvalue weighted by molar-refractivity contribution is 6.32. The van der Waals surface area contributed by atoms with Crippen molar-refractivity contribution in [2.45, 2.75) is 6.04 Å². The van der Waals surface area contributed by atoms with Crippen LogP contribution in [0.3, 0.4) is 0 Å². The summed E-state index contributed by atoms with van der Waals surface area (Å²) >= 11 is 12.7. The number of hydrogen-bond acceptors (Lipinski definition) is 3. The van der Waals surface area contributed by atoms with Crippen molar-refractivity contribution in [1.82, 2.24) is 14.1 Å². The fourth-order valence-electron chi connectivity index (χ4n) is 2.98. The molecule has 0 bridgehead atoms. The molecule has 5 nitrogen and oxygen atoms in total. The maximum absolute atomic E-state index is 11.8. The first-order valence-corrected chi connectivity index (χ1v) is 8.32. The molecule has 0 fully saturated rings. The molecule has 4 aromatic rings. The summed E-state index contributed by atoms with van der Waals surface area (Å²) < 4.78 is 8.68. The molecular weight excluding hydrogens is 361 g/mol. The van der Waals surface area contributed by atoms with Crippen LogP contribution in [0, 0.1) is 0 Å². The number of oxazole rings is 1. The zero-order chi connectivity index (χ0) is 17.6. The Bertz CT molecular complexity index is 1110. The van der Waals surface area contributed by atoms with Crippen LogP contribution in [0.15, 0.2) is 64.3 Å². The number of imidazole rings is 1. The standard InChI is InChI=1S/C18H13Cl2N3O2/c1-22-15-9-14(20)13(8-16(15)25-18(22)24)17(23-6-5-21-10-23)11-3-2-4-12(19)7-11/h2-10,17H,1H3. The molecule has 2 aromatic carbocycles. The highest BCUT2D eigenvalue weighted by Crippen LogP contribution is 2.35. The van der Waals surface area contributed by atoms with Crippen LogP contribution in [-0.2, 0) is 7.05 Å². The zero-order valence-corrected chi connectivity index (χ0v) is 14.7. The Morgan fingerprint density at radius 1 is 1.20 bits per heavy atom. The van der Waals surface area contributed by atoms with Crippen LogP contribution in [0.25, 0.3) is 11.1 Å². The quantitative estimate of drug-likeness (QED) is 0.538. The van der Waals surface area contributed by atoms with Gasteiger partial charge in [-0.2, -0.15) is 0 Å². The van der Waals surface area contributed by atoms with E-state index >= 15 is 0 Å². The number of hydrogen-bond donors (Lipinski definition) is 0. The fraction of sp³-hybridized carbons (Fsp3) is 0.111. The summed E-state index contributed by atoms with van der Waals surface area (Å²) in [6, 6.07) is 10.8. The van der Waals surface area contributed by atoms with E-state index in [9.17, 15) is 4.79 Å². The second-order valence-electron chi connectivity index (χ2n) is 5.74. The number of benzene rings is 2. The van der Waals surface area contributed by atoms with E-state index in [1.165, 1.54) is 4.57 Å². The normalized spacial score (nSPS) is 12.6. The summed E-state index contributed by atoms with van der Waals surface area (Å²) in [6.45, 7) is 0. The molecule has 2 aromatic heterocycles. The molecule has 0 saturated carbocycles. The van der Waals surface area contributed by atoms with Gasteiger partial charge in [0, 0.05) is 35.1 Å². The van der Waals surface area contributed by atoms with Crippen molar-refractivity contribution in [3.05, 3.63) is 86.8 Å². The molecule has 0 aliphatic heterocycles. The third kappa shape index (κ3) is 2.75. The Labute approximate surface area is 153 Å². The minimum atomic E-state index is -0.426. The summed E-state index contributed by atoms with van der Waals surface area (Å²) in [7, 11) is 1.65. The summed E-state index contributed by atoms with van der Waals surface area (Å²) in [5, 5.41) is 1.16. The van der Waals surface area contributed by atoms with Crippen LogP contribution in [0.2, 0.25) is 10.0 Å². The lowest BCUT2D eigenvalue weighted by Crippen LogP contribution is -2.11. The number of nitrogens with zero attached hydrogens (tertiary/aromatic N) is 3. The van der Waals surface area contributed by atoms with Crippen molar-refractivity contribution in [3.8, 4) is 0 Å². The van der Waals surface area contributed by atoms with E-state index < -0.39 is 5.76 Å². The van der Waals surface area contributed by atoms with Crippen LogP contribution in [0.1, 0.15) is 17.2 Å². The summed E-state index contributed by atoms with van der Waals surface area (Å²) in [5.41, 5.74) is 2.88. The minimum Gasteiger partial charge on any atom is -0.408 e. The summed E-state index contributed by atoms with van der Waals surface area (Å²) in [4.78, 5) is 15.9. The van der Waals surface area contributed by atoms with E-state index in [1.807, 2.05) is 35.0 Å². The molecule has 0 radical (unpaired) electrons. The summed E-state index contributed by atoms with van der Waals surface area (Å²) in [6.07, 6.45) is 5.27.